The van der Waals surface area contributed by atoms with Gasteiger partial charge in [0.1, 0.15) is 0 Å². The molecule has 0 bridgehead atoms. The van der Waals surface area contributed by atoms with Gasteiger partial charge in [0.25, 0.3) is 0 Å². The standard InChI is InChI=1S/C13H11N3O/c1-9(16-13(14)8-17)10-6-7-15-12-5-3-2-4-11(10)12/h2-8,14H,1H3/b14-13?,16-9+. The number of hydrogen-bond donors (Lipinski definition) is 1. The highest BCUT2D eigenvalue weighted by molar-refractivity contribution is 6.30. The quantitative estimate of drug-likeness (QED) is 0.483. The third kappa shape index (κ3) is 2.25. The number of aldehydes is 1. The lowest BCUT2D eigenvalue weighted by atomic mass is 10.1. The predicted molar refractivity (Wildman–Crippen MR) is 67.7 cm³/mol. The molecule has 0 aliphatic rings. The Morgan fingerprint density at radius 2 is 2.12 bits per heavy atom. The second-order valence-corrected chi connectivity index (χ2v) is 3.58. The van der Waals surface area contributed by atoms with Crippen LogP contribution in [0.4, 0.5) is 0 Å². The third-order valence-corrected chi connectivity index (χ3v) is 2.44. The Labute approximate surface area is 98.5 Å². The number of rotatable bonds is 2. The number of aromatic nitrogens is 1. The second-order valence-electron chi connectivity index (χ2n) is 3.58. The number of amidine groups is 1. The summed E-state index contributed by atoms with van der Waals surface area (Å²) in [6, 6.07) is 9.53. The SMILES string of the molecule is C/C(=N\C(=N)C=O)c1ccnc2ccccc12. The zero-order chi connectivity index (χ0) is 12.3. The van der Waals surface area contributed by atoms with Crippen LogP contribution < -0.4 is 0 Å². The number of fused-ring (bicyclic) bond motifs is 1. The summed E-state index contributed by atoms with van der Waals surface area (Å²) in [6.07, 6.45) is 2.12. The fourth-order valence-electron chi connectivity index (χ4n) is 1.68. The summed E-state index contributed by atoms with van der Waals surface area (Å²) in [5.74, 6) is -0.275. The molecule has 2 rings (SSSR count). The van der Waals surface area contributed by atoms with Gasteiger partial charge in [-0.15, -0.1) is 0 Å². The van der Waals surface area contributed by atoms with Crippen LogP contribution in [0.5, 0.6) is 0 Å². The molecule has 4 heteroatoms. The highest BCUT2D eigenvalue weighted by atomic mass is 16.1. The van der Waals surface area contributed by atoms with Crippen molar-refractivity contribution in [2.45, 2.75) is 6.92 Å². The van der Waals surface area contributed by atoms with Crippen LogP contribution in [-0.4, -0.2) is 22.8 Å². The predicted octanol–water partition coefficient (Wildman–Crippen LogP) is 2.22. The number of carbonyl (C=O) groups is 1. The minimum absolute atomic E-state index is 0.275. The van der Waals surface area contributed by atoms with Crippen LogP contribution in [0.2, 0.25) is 0 Å². The highest BCUT2D eigenvalue weighted by Crippen LogP contribution is 2.16. The van der Waals surface area contributed by atoms with Crippen molar-refractivity contribution in [3.05, 3.63) is 42.1 Å². The van der Waals surface area contributed by atoms with Crippen LogP contribution in [0.25, 0.3) is 10.9 Å². The van der Waals surface area contributed by atoms with E-state index in [1.165, 1.54) is 0 Å². The number of pyridine rings is 1. The second kappa shape index (κ2) is 4.65. The zero-order valence-corrected chi connectivity index (χ0v) is 9.34. The molecule has 0 fully saturated rings. The van der Waals surface area contributed by atoms with Crippen molar-refractivity contribution in [1.82, 2.24) is 4.98 Å². The van der Waals surface area contributed by atoms with Gasteiger partial charge in [0, 0.05) is 22.9 Å². The lowest BCUT2D eigenvalue weighted by Crippen LogP contribution is -2.02. The lowest BCUT2D eigenvalue weighted by molar-refractivity contribution is -0.102. The van der Waals surface area contributed by atoms with E-state index >= 15 is 0 Å². The molecule has 84 valence electrons. The summed E-state index contributed by atoms with van der Waals surface area (Å²) in [5.41, 5.74) is 2.40. The van der Waals surface area contributed by atoms with Gasteiger partial charge < -0.3 is 0 Å². The average Bonchev–Trinajstić information content (AvgIpc) is 2.37. The molecule has 1 aromatic heterocycles. The highest BCUT2D eigenvalue weighted by Gasteiger charge is 2.04. The number of para-hydroxylation sites is 1. The molecule has 1 heterocycles. The number of benzene rings is 1. The average molecular weight is 225 g/mol. The van der Waals surface area contributed by atoms with Gasteiger partial charge in [0.05, 0.1) is 5.52 Å². The van der Waals surface area contributed by atoms with Gasteiger partial charge in [0.2, 0.25) is 0 Å². The van der Waals surface area contributed by atoms with Gasteiger partial charge in [-0.25, -0.2) is 4.99 Å². The summed E-state index contributed by atoms with van der Waals surface area (Å²) in [4.78, 5) is 18.6. The molecule has 0 amide bonds. The minimum Gasteiger partial charge on any atom is -0.294 e. The van der Waals surface area contributed by atoms with E-state index in [1.54, 1.807) is 13.1 Å². The van der Waals surface area contributed by atoms with Crippen molar-refractivity contribution >= 4 is 28.7 Å². The largest absolute Gasteiger partial charge is 0.294 e. The van der Waals surface area contributed by atoms with Gasteiger partial charge in [-0.2, -0.15) is 0 Å². The summed E-state index contributed by atoms with van der Waals surface area (Å²) >= 11 is 0. The van der Waals surface area contributed by atoms with Crippen molar-refractivity contribution in [1.29, 1.82) is 5.41 Å². The molecule has 0 radical (unpaired) electrons. The molecule has 0 unspecified atom stereocenters. The first kappa shape index (κ1) is 11.1. The number of nitrogens with one attached hydrogen (secondary N) is 1. The molecule has 2 aromatic rings. The topological polar surface area (TPSA) is 66.2 Å². The molecule has 17 heavy (non-hydrogen) atoms. The van der Waals surface area contributed by atoms with E-state index in [2.05, 4.69) is 9.98 Å². The van der Waals surface area contributed by atoms with Crippen LogP contribution in [-0.2, 0) is 4.79 Å². The Hall–Kier alpha value is -2.36. The van der Waals surface area contributed by atoms with E-state index in [1.807, 2.05) is 30.3 Å². The maximum atomic E-state index is 10.4. The van der Waals surface area contributed by atoms with Crippen LogP contribution in [0.3, 0.4) is 0 Å². The molecule has 4 nitrogen and oxygen atoms in total. The number of hydrogen-bond acceptors (Lipinski definition) is 3. The van der Waals surface area contributed by atoms with E-state index in [9.17, 15) is 4.79 Å². The van der Waals surface area contributed by atoms with Crippen LogP contribution in [0, 0.1) is 5.41 Å². The summed E-state index contributed by atoms with van der Waals surface area (Å²) in [7, 11) is 0. The van der Waals surface area contributed by atoms with Crippen molar-refractivity contribution in [3.63, 3.8) is 0 Å². The first-order valence-electron chi connectivity index (χ1n) is 5.15. The third-order valence-electron chi connectivity index (χ3n) is 2.44. The van der Waals surface area contributed by atoms with Crippen LogP contribution in [0.1, 0.15) is 12.5 Å². The molecule has 1 aromatic carbocycles. The Bertz CT molecular complexity index is 612. The Balaban J connectivity index is 2.59. The van der Waals surface area contributed by atoms with E-state index in [0.717, 1.165) is 16.5 Å². The van der Waals surface area contributed by atoms with Crippen LogP contribution in [0.15, 0.2) is 41.5 Å². The monoisotopic (exact) mass is 225 g/mol. The molecule has 0 saturated heterocycles. The zero-order valence-electron chi connectivity index (χ0n) is 9.34. The molecule has 0 aliphatic carbocycles. The minimum atomic E-state index is -0.275. The van der Waals surface area contributed by atoms with Crippen molar-refractivity contribution in [3.8, 4) is 0 Å². The van der Waals surface area contributed by atoms with Gasteiger partial charge >= 0.3 is 0 Å². The first-order chi connectivity index (χ1) is 8.22. The van der Waals surface area contributed by atoms with E-state index in [0.29, 0.717) is 12.0 Å². The number of carbonyl (C=O) groups excluding carboxylic acids is 1. The Morgan fingerprint density at radius 1 is 1.35 bits per heavy atom. The van der Waals surface area contributed by atoms with Crippen molar-refractivity contribution in [2.75, 3.05) is 0 Å². The normalized spacial score (nSPS) is 11.5. The number of aliphatic imine (C=N–C) groups is 1. The molecule has 0 saturated carbocycles. The van der Waals surface area contributed by atoms with Gasteiger partial charge in [-0.1, -0.05) is 18.2 Å². The van der Waals surface area contributed by atoms with Crippen molar-refractivity contribution in [2.24, 2.45) is 4.99 Å². The van der Waals surface area contributed by atoms with Crippen molar-refractivity contribution < 1.29 is 4.79 Å². The molecule has 1 N–H and O–H groups in total. The summed E-state index contributed by atoms with van der Waals surface area (Å²) in [5, 5.41) is 8.22. The Morgan fingerprint density at radius 3 is 2.88 bits per heavy atom. The van der Waals surface area contributed by atoms with Gasteiger partial charge in [0.15, 0.2) is 12.1 Å². The van der Waals surface area contributed by atoms with E-state index in [4.69, 9.17) is 5.41 Å². The molecular formula is C13H11N3O. The maximum Gasteiger partial charge on any atom is 0.186 e. The summed E-state index contributed by atoms with van der Waals surface area (Å²) < 4.78 is 0. The summed E-state index contributed by atoms with van der Waals surface area (Å²) in [6.45, 7) is 1.78. The molecule has 0 spiro atoms. The Kier molecular flexibility index (Phi) is 3.05. The first-order valence-corrected chi connectivity index (χ1v) is 5.15. The fraction of sp³-hybridized carbons (Fsp3) is 0.0769. The van der Waals surface area contributed by atoms with Crippen LogP contribution >= 0.6 is 0 Å². The van der Waals surface area contributed by atoms with Gasteiger partial charge in [-0.05, 0) is 19.1 Å². The fourth-order valence-corrected chi connectivity index (χ4v) is 1.68. The smallest absolute Gasteiger partial charge is 0.186 e. The van der Waals surface area contributed by atoms with E-state index in [-0.39, 0.29) is 5.84 Å². The molecule has 0 atom stereocenters. The maximum absolute atomic E-state index is 10.4. The molecular weight excluding hydrogens is 214 g/mol. The van der Waals surface area contributed by atoms with Gasteiger partial charge in [-0.3, -0.25) is 15.2 Å². The molecule has 0 aliphatic heterocycles. The lowest BCUT2D eigenvalue weighted by Gasteiger charge is -2.04. The number of nitrogens with zero attached hydrogens (tertiary/aromatic N) is 2. The van der Waals surface area contributed by atoms with E-state index < -0.39 is 0 Å².